The van der Waals surface area contributed by atoms with Crippen LogP contribution in [0.15, 0.2) is 10.9 Å². The fraction of sp³-hybridized carbons (Fsp3) is 0.600. The number of nitrogens with one attached hydrogen (secondary N) is 2. The van der Waals surface area contributed by atoms with Crippen LogP contribution in [0.25, 0.3) is 0 Å². The smallest absolute Gasteiger partial charge is 0.221 e. The lowest BCUT2D eigenvalue weighted by Crippen LogP contribution is -2.29. The molecule has 2 N–H and O–H groups in total. The predicted molar refractivity (Wildman–Crippen MR) is 59.6 cm³/mol. The number of carbonyl (C=O) groups excluding carboxylic acids is 1. The van der Waals surface area contributed by atoms with Crippen molar-refractivity contribution in [2.24, 2.45) is 0 Å². The molecular formula is C10H15N3OS. The van der Waals surface area contributed by atoms with E-state index >= 15 is 0 Å². The van der Waals surface area contributed by atoms with E-state index in [0.29, 0.717) is 12.5 Å². The first-order valence-electron chi connectivity index (χ1n) is 5.22. The number of aromatic nitrogens is 1. The van der Waals surface area contributed by atoms with Gasteiger partial charge in [0.2, 0.25) is 5.91 Å². The van der Waals surface area contributed by atoms with Gasteiger partial charge in [-0.1, -0.05) is 0 Å². The van der Waals surface area contributed by atoms with Crippen molar-refractivity contribution in [1.29, 1.82) is 0 Å². The minimum Gasteiger partial charge on any atom is -0.353 e. The first-order chi connectivity index (χ1) is 7.34. The molecule has 15 heavy (non-hydrogen) atoms. The molecule has 1 aromatic rings. The molecule has 5 heteroatoms. The second-order valence-electron chi connectivity index (χ2n) is 3.75. The number of rotatable bonds is 6. The summed E-state index contributed by atoms with van der Waals surface area (Å²) in [7, 11) is 0. The van der Waals surface area contributed by atoms with E-state index in [2.05, 4.69) is 15.6 Å². The van der Waals surface area contributed by atoms with Gasteiger partial charge in [-0.2, -0.15) is 0 Å². The number of amides is 1. The Labute approximate surface area is 93.1 Å². The van der Waals surface area contributed by atoms with Gasteiger partial charge in [-0.15, -0.1) is 11.3 Å². The molecule has 1 fully saturated rings. The molecule has 2 rings (SSSR count). The molecule has 0 spiro atoms. The summed E-state index contributed by atoms with van der Waals surface area (Å²) in [5.41, 5.74) is 2.86. The van der Waals surface area contributed by atoms with E-state index < -0.39 is 0 Å². The molecule has 0 saturated heterocycles. The van der Waals surface area contributed by atoms with Crippen LogP contribution in [0, 0.1) is 0 Å². The van der Waals surface area contributed by atoms with Crippen LogP contribution in [0.2, 0.25) is 0 Å². The molecule has 1 heterocycles. The van der Waals surface area contributed by atoms with Crippen LogP contribution in [0.1, 0.15) is 25.0 Å². The van der Waals surface area contributed by atoms with E-state index in [1.165, 1.54) is 0 Å². The fourth-order valence-corrected chi connectivity index (χ4v) is 1.83. The van der Waals surface area contributed by atoms with Crippen molar-refractivity contribution in [2.75, 3.05) is 6.54 Å². The zero-order chi connectivity index (χ0) is 10.5. The summed E-state index contributed by atoms with van der Waals surface area (Å²) in [6.07, 6.45) is 2.86. The molecule has 1 aliphatic rings. The van der Waals surface area contributed by atoms with Gasteiger partial charge in [0.15, 0.2) is 0 Å². The van der Waals surface area contributed by atoms with Gasteiger partial charge >= 0.3 is 0 Å². The molecular weight excluding hydrogens is 210 g/mol. The highest BCUT2D eigenvalue weighted by atomic mass is 32.1. The van der Waals surface area contributed by atoms with Crippen LogP contribution in [0.4, 0.5) is 0 Å². The molecule has 1 aliphatic carbocycles. The first kappa shape index (κ1) is 10.6. The largest absolute Gasteiger partial charge is 0.353 e. The van der Waals surface area contributed by atoms with Crippen molar-refractivity contribution in [3.8, 4) is 0 Å². The molecule has 0 unspecified atom stereocenters. The van der Waals surface area contributed by atoms with E-state index in [4.69, 9.17) is 0 Å². The maximum atomic E-state index is 11.3. The van der Waals surface area contributed by atoms with Crippen molar-refractivity contribution < 1.29 is 4.79 Å². The molecule has 1 saturated carbocycles. The molecule has 1 amide bonds. The van der Waals surface area contributed by atoms with Crippen molar-refractivity contribution in [1.82, 2.24) is 15.6 Å². The maximum Gasteiger partial charge on any atom is 0.221 e. The molecule has 0 radical (unpaired) electrons. The Kier molecular flexibility index (Phi) is 3.69. The Morgan fingerprint density at radius 3 is 3.13 bits per heavy atom. The highest BCUT2D eigenvalue weighted by Gasteiger charge is 2.22. The summed E-state index contributed by atoms with van der Waals surface area (Å²) in [6.45, 7) is 1.47. The Bertz CT molecular complexity index is 308. The SMILES string of the molecule is O=C(CCNCc1cscn1)NC1CC1. The van der Waals surface area contributed by atoms with Gasteiger partial charge in [-0.25, -0.2) is 4.98 Å². The van der Waals surface area contributed by atoms with Crippen molar-refractivity contribution in [3.63, 3.8) is 0 Å². The number of hydrogen-bond donors (Lipinski definition) is 2. The normalized spacial score (nSPS) is 15.2. The molecule has 4 nitrogen and oxygen atoms in total. The monoisotopic (exact) mass is 225 g/mol. The lowest BCUT2D eigenvalue weighted by atomic mass is 10.3. The Balaban J connectivity index is 1.52. The minimum atomic E-state index is 0.156. The van der Waals surface area contributed by atoms with Crippen molar-refractivity contribution >= 4 is 17.2 Å². The van der Waals surface area contributed by atoms with Crippen LogP contribution in [0.3, 0.4) is 0 Å². The Hall–Kier alpha value is -0.940. The summed E-state index contributed by atoms with van der Waals surface area (Å²) >= 11 is 1.59. The van der Waals surface area contributed by atoms with Gasteiger partial charge in [0, 0.05) is 30.9 Å². The summed E-state index contributed by atoms with van der Waals surface area (Å²) in [6, 6.07) is 0.469. The standard InChI is InChI=1S/C10H15N3OS/c14-10(13-8-1-2-8)3-4-11-5-9-6-15-7-12-9/h6-8,11H,1-5H2,(H,13,14). The van der Waals surface area contributed by atoms with E-state index in [-0.39, 0.29) is 5.91 Å². The van der Waals surface area contributed by atoms with Gasteiger partial charge in [-0.05, 0) is 12.8 Å². The second-order valence-corrected chi connectivity index (χ2v) is 4.47. The third-order valence-corrected chi connectivity index (χ3v) is 2.90. The molecule has 0 aromatic carbocycles. The molecule has 82 valence electrons. The Morgan fingerprint density at radius 1 is 1.60 bits per heavy atom. The molecule has 0 aliphatic heterocycles. The first-order valence-corrected chi connectivity index (χ1v) is 6.16. The van der Waals surface area contributed by atoms with Gasteiger partial charge < -0.3 is 10.6 Å². The van der Waals surface area contributed by atoms with Gasteiger partial charge in [0.1, 0.15) is 0 Å². The zero-order valence-electron chi connectivity index (χ0n) is 8.53. The third-order valence-electron chi connectivity index (χ3n) is 2.26. The minimum absolute atomic E-state index is 0.156. The highest BCUT2D eigenvalue weighted by molar-refractivity contribution is 7.07. The number of carbonyl (C=O) groups is 1. The number of nitrogens with zero attached hydrogens (tertiary/aromatic N) is 1. The van der Waals surface area contributed by atoms with Gasteiger partial charge in [-0.3, -0.25) is 4.79 Å². The van der Waals surface area contributed by atoms with E-state index in [1.807, 2.05) is 10.9 Å². The lowest BCUT2D eigenvalue weighted by molar-refractivity contribution is -0.121. The average molecular weight is 225 g/mol. The van der Waals surface area contributed by atoms with Gasteiger partial charge in [0.25, 0.3) is 0 Å². The zero-order valence-corrected chi connectivity index (χ0v) is 9.35. The van der Waals surface area contributed by atoms with Crippen LogP contribution in [-0.2, 0) is 11.3 Å². The van der Waals surface area contributed by atoms with E-state index in [0.717, 1.165) is 31.6 Å². The lowest BCUT2D eigenvalue weighted by Gasteiger charge is -2.03. The average Bonchev–Trinajstić information content (AvgIpc) is 2.87. The van der Waals surface area contributed by atoms with Crippen LogP contribution in [0.5, 0.6) is 0 Å². The van der Waals surface area contributed by atoms with Gasteiger partial charge in [0.05, 0.1) is 11.2 Å². The molecule has 1 aromatic heterocycles. The summed E-state index contributed by atoms with van der Waals surface area (Å²) in [5, 5.41) is 8.16. The second kappa shape index (κ2) is 5.23. The maximum absolute atomic E-state index is 11.3. The fourth-order valence-electron chi connectivity index (χ4n) is 1.27. The summed E-state index contributed by atoms with van der Waals surface area (Å²) in [4.78, 5) is 15.4. The predicted octanol–water partition coefficient (Wildman–Crippen LogP) is 0.901. The van der Waals surface area contributed by atoms with E-state index in [1.54, 1.807) is 11.3 Å². The third kappa shape index (κ3) is 3.97. The number of hydrogen-bond acceptors (Lipinski definition) is 4. The summed E-state index contributed by atoms with van der Waals surface area (Å²) < 4.78 is 0. The quantitative estimate of drug-likeness (QED) is 0.707. The van der Waals surface area contributed by atoms with Crippen molar-refractivity contribution in [2.45, 2.75) is 31.8 Å². The molecule has 0 bridgehead atoms. The Morgan fingerprint density at radius 2 is 2.47 bits per heavy atom. The molecule has 0 atom stereocenters. The topological polar surface area (TPSA) is 54.0 Å². The van der Waals surface area contributed by atoms with Crippen molar-refractivity contribution in [3.05, 3.63) is 16.6 Å². The van der Waals surface area contributed by atoms with Crippen LogP contribution < -0.4 is 10.6 Å². The highest BCUT2D eigenvalue weighted by Crippen LogP contribution is 2.18. The van der Waals surface area contributed by atoms with E-state index in [9.17, 15) is 4.79 Å². The van der Waals surface area contributed by atoms with Crippen LogP contribution >= 0.6 is 11.3 Å². The number of thiazole rings is 1. The summed E-state index contributed by atoms with van der Waals surface area (Å²) in [5.74, 6) is 0.156. The van der Waals surface area contributed by atoms with Crippen LogP contribution in [-0.4, -0.2) is 23.5 Å².